The number of nitrogens with zero attached hydrogens (tertiary/aromatic N) is 1. The summed E-state index contributed by atoms with van der Waals surface area (Å²) < 4.78 is 5.80. The Morgan fingerprint density at radius 3 is 3.24 bits per heavy atom. The van der Waals surface area contributed by atoms with Crippen LogP contribution in [0.2, 0.25) is 0 Å². The smallest absolute Gasteiger partial charge is 0.0937 e. The minimum absolute atomic E-state index is 0.296. The van der Waals surface area contributed by atoms with Crippen molar-refractivity contribution < 1.29 is 4.74 Å². The van der Waals surface area contributed by atoms with Gasteiger partial charge in [0, 0.05) is 48.5 Å². The molecule has 17 heavy (non-hydrogen) atoms. The van der Waals surface area contributed by atoms with Gasteiger partial charge in [0.2, 0.25) is 0 Å². The van der Waals surface area contributed by atoms with E-state index in [9.17, 15) is 0 Å². The number of thiazole rings is 1. The van der Waals surface area contributed by atoms with Crippen LogP contribution >= 0.6 is 11.3 Å². The molecular weight excluding hydrogens is 232 g/mol. The zero-order valence-electron chi connectivity index (χ0n) is 10.5. The molecule has 3 atom stereocenters. The van der Waals surface area contributed by atoms with E-state index >= 15 is 0 Å². The molecule has 4 heteroatoms. The van der Waals surface area contributed by atoms with Crippen molar-refractivity contribution in [2.75, 3.05) is 13.2 Å². The molecule has 2 fully saturated rings. The Bertz CT molecular complexity index is 377. The number of rotatable bonds is 4. The van der Waals surface area contributed by atoms with Crippen LogP contribution in [0.4, 0.5) is 0 Å². The molecule has 1 N–H and O–H groups in total. The largest absolute Gasteiger partial charge is 0.377 e. The molecule has 0 bridgehead atoms. The first-order valence-electron chi connectivity index (χ1n) is 6.43. The van der Waals surface area contributed by atoms with E-state index in [-0.39, 0.29) is 0 Å². The minimum atomic E-state index is 0.296. The molecule has 1 aromatic rings. The van der Waals surface area contributed by atoms with Gasteiger partial charge in [0.05, 0.1) is 11.1 Å². The van der Waals surface area contributed by atoms with Crippen molar-refractivity contribution in [3.05, 3.63) is 16.6 Å². The Labute approximate surface area is 107 Å². The summed E-state index contributed by atoms with van der Waals surface area (Å²) in [6, 6.07) is 0.620. The predicted octanol–water partition coefficient (Wildman–Crippen LogP) is 2.09. The van der Waals surface area contributed by atoms with Gasteiger partial charge in [-0.2, -0.15) is 0 Å². The molecule has 94 valence electrons. The predicted molar refractivity (Wildman–Crippen MR) is 69.2 cm³/mol. The molecule has 1 saturated carbocycles. The fourth-order valence-electron chi connectivity index (χ4n) is 3.45. The third-order valence-electron chi connectivity index (χ3n) is 4.29. The topological polar surface area (TPSA) is 34.2 Å². The van der Waals surface area contributed by atoms with Crippen molar-refractivity contribution in [3.8, 4) is 0 Å². The highest BCUT2D eigenvalue weighted by molar-refractivity contribution is 7.09. The molecule has 0 amide bonds. The van der Waals surface area contributed by atoms with Gasteiger partial charge >= 0.3 is 0 Å². The van der Waals surface area contributed by atoms with E-state index in [2.05, 4.69) is 24.1 Å². The van der Waals surface area contributed by atoms with E-state index in [0.29, 0.717) is 17.6 Å². The lowest BCUT2D eigenvalue weighted by Gasteiger charge is -2.55. The molecule has 1 aromatic heterocycles. The Balaban J connectivity index is 1.52. The maximum absolute atomic E-state index is 5.80. The van der Waals surface area contributed by atoms with Crippen molar-refractivity contribution in [2.24, 2.45) is 11.3 Å². The summed E-state index contributed by atoms with van der Waals surface area (Å²) in [5.74, 6) is 0.737. The molecule has 3 nitrogen and oxygen atoms in total. The van der Waals surface area contributed by atoms with Crippen LogP contribution in [0.15, 0.2) is 11.6 Å². The SMILES string of the molecule is CC1(C)C(NCCc2nccs2)C2CCOC21. The summed E-state index contributed by atoms with van der Waals surface area (Å²) >= 11 is 1.74. The Morgan fingerprint density at radius 1 is 1.59 bits per heavy atom. The van der Waals surface area contributed by atoms with Crippen molar-refractivity contribution in [1.82, 2.24) is 10.3 Å². The molecular formula is C13H20N2OS. The van der Waals surface area contributed by atoms with Gasteiger partial charge < -0.3 is 10.1 Å². The number of fused-ring (bicyclic) bond motifs is 1. The zero-order chi connectivity index (χ0) is 11.9. The first kappa shape index (κ1) is 11.6. The second-order valence-electron chi connectivity index (χ2n) is 5.67. The van der Waals surface area contributed by atoms with Crippen molar-refractivity contribution >= 4 is 11.3 Å². The van der Waals surface area contributed by atoms with Gasteiger partial charge in [-0.05, 0) is 6.42 Å². The van der Waals surface area contributed by atoms with Gasteiger partial charge in [0.15, 0.2) is 0 Å². The maximum Gasteiger partial charge on any atom is 0.0937 e. The van der Waals surface area contributed by atoms with Crippen LogP contribution in [0, 0.1) is 11.3 Å². The van der Waals surface area contributed by atoms with E-state index in [4.69, 9.17) is 4.74 Å². The Hall–Kier alpha value is -0.450. The standard InChI is InChI=1S/C13H20N2OS/c1-13(2)11(9-4-7-16-12(9)13)15-5-3-10-14-6-8-17-10/h6,8-9,11-12,15H,3-5,7H2,1-2H3. The summed E-state index contributed by atoms with van der Waals surface area (Å²) in [5, 5.41) is 6.98. The van der Waals surface area contributed by atoms with E-state index in [1.165, 1.54) is 11.4 Å². The first-order valence-corrected chi connectivity index (χ1v) is 7.31. The molecule has 1 saturated heterocycles. The molecule has 0 spiro atoms. The molecule has 1 aliphatic heterocycles. The van der Waals surface area contributed by atoms with Gasteiger partial charge in [-0.1, -0.05) is 13.8 Å². The number of nitrogens with one attached hydrogen (secondary N) is 1. The maximum atomic E-state index is 5.80. The van der Waals surface area contributed by atoms with Crippen LogP contribution in [-0.4, -0.2) is 30.3 Å². The van der Waals surface area contributed by atoms with Crippen molar-refractivity contribution in [3.63, 3.8) is 0 Å². The molecule has 0 aromatic carbocycles. The number of hydrogen-bond donors (Lipinski definition) is 1. The van der Waals surface area contributed by atoms with E-state index in [1.807, 2.05) is 11.6 Å². The van der Waals surface area contributed by atoms with Crippen LogP contribution in [0.1, 0.15) is 25.3 Å². The van der Waals surface area contributed by atoms with E-state index < -0.39 is 0 Å². The molecule has 2 heterocycles. The van der Waals surface area contributed by atoms with Crippen LogP contribution in [0.3, 0.4) is 0 Å². The third-order valence-corrected chi connectivity index (χ3v) is 5.13. The summed E-state index contributed by atoms with van der Waals surface area (Å²) in [5.41, 5.74) is 0.296. The lowest BCUT2D eigenvalue weighted by Crippen LogP contribution is -2.66. The van der Waals surface area contributed by atoms with Crippen molar-refractivity contribution in [1.29, 1.82) is 0 Å². The average molecular weight is 252 g/mol. The number of aromatic nitrogens is 1. The second-order valence-corrected chi connectivity index (χ2v) is 6.65. The zero-order valence-corrected chi connectivity index (χ0v) is 11.3. The van der Waals surface area contributed by atoms with Gasteiger partial charge in [0.25, 0.3) is 0 Å². The molecule has 0 radical (unpaired) electrons. The summed E-state index contributed by atoms with van der Waals surface area (Å²) in [6.45, 7) is 6.62. The highest BCUT2D eigenvalue weighted by Gasteiger charge is 2.58. The minimum Gasteiger partial charge on any atom is -0.377 e. The van der Waals surface area contributed by atoms with Crippen LogP contribution in [0.5, 0.6) is 0 Å². The first-order chi connectivity index (χ1) is 8.19. The highest BCUT2D eigenvalue weighted by Crippen LogP contribution is 2.51. The number of ether oxygens (including phenoxy) is 1. The van der Waals surface area contributed by atoms with E-state index in [1.54, 1.807) is 11.3 Å². The van der Waals surface area contributed by atoms with Crippen LogP contribution in [0.25, 0.3) is 0 Å². The summed E-state index contributed by atoms with van der Waals surface area (Å²) in [6.07, 6.45) is 4.64. The Kier molecular flexibility index (Phi) is 2.97. The van der Waals surface area contributed by atoms with Gasteiger partial charge in [-0.25, -0.2) is 4.98 Å². The Morgan fingerprint density at radius 2 is 2.47 bits per heavy atom. The second kappa shape index (κ2) is 4.34. The van der Waals surface area contributed by atoms with Gasteiger partial charge in [-0.15, -0.1) is 11.3 Å². The fraction of sp³-hybridized carbons (Fsp3) is 0.769. The quantitative estimate of drug-likeness (QED) is 0.891. The summed E-state index contributed by atoms with van der Waals surface area (Å²) in [4.78, 5) is 4.31. The monoisotopic (exact) mass is 252 g/mol. The number of hydrogen-bond acceptors (Lipinski definition) is 4. The third kappa shape index (κ3) is 1.92. The molecule has 3 rings (SSSR count). The van der Waals surface area contributed by atoms with Gasteiger partial charge in [0.1, 0.15) is 0 Å². The van der Waals surface area contributed by atoms with Crippen molar-refractivity contribution in [2.45, 2.75) is 38.8 Å². The van der Waals surface area contributed by atoms with Gasteiger partial charge in [-0.3, -0.25) is 0 Å². The molecule has 3 unspecified atom stereocenters. The lowest BCUT2D eigenvalue weighted by atomic mass is 9.57. The normalized spacial score (nSPS) is 34.4. The highest BCUT2D eigenvalue weighted by atomic mass is 32.1. The molecule has 2 aliphatic rings. The average Bonchev–Trinajstić information content (AvgIpc) is 2.94. The van der Waals surface area contributed by atoms with Crippen LogP contribution in [-0.2, 0) is 11.2 Å². The van der Waals surface area contributed by atoms with E-state index in [0.717, 1.165) is 25.5 Å². The fourth-order valence-corrected chi connectivity index (χ4v) is 4.07. The lowest BCUT2D eigenvalue weighted by molar-refractivity contribution is -0.112. The van der Waals surface area contributed by atoms with Crippen LogP contribution < -0.4 is 5.32 Å². The molecule has 1 aliphatic carbocycles. The summed E-state index contributed by atoms with van der Waals surface area (Å²) in [7, 11) is 0.